The maximum Gasteiger partial charge on any atom is 0.376 e. The van der Waals surface area contributed by atoms with E-state index in [2.05, 4.69) is 22.2 Å². The Labute approximate surface area is 108 Å². The van der Waals surface area contributed by atoms with Crippen LogP contribution in [0.3, 0.4) is 0 Å². The lowest BCUT2D eigenvalue weighted by atomic mass is 10.2. The van der Waals surface area contributed by atoms with E-state index in [0.29, 0.717) is 5.82 Å². The molecule has 0 unspecified atom stereocenters. The topological polar surface area (TPSA) is 64.1 Å². The van der Waals surface area contributed by atoms with Crippen LogP contribution in [0.2, 0.25) is 0 Å². The second-order valence-corrected chi connectivity index (χ2v) is 5.05. The Morgan fingerprint density at radius 1 is 1.44 bits per heavy atom. The summed E-state index contributed by atoms with van der Waals surface area (Å²) in [6, 6.07) is 1.74. The fourth-order valence-electron chi connectivity index (χ4n) is 1.27. The van der Waals surface area contributed by atoms with Gasteiger partial charge in [0.25, 0.3) is 0 Å². The number of ether oxygens (including phenoxy) is 1. The third-order valence-corrected chi connectivity index (χ3v) is 2.07. The highest BCUT2D eigenvalue weighted by Gasteiger charge is 2.20. The minimum atomic E-state index is -0.536. The van der Waals surface area contributed by atoms with Gasteiger partial charge in [-0.25, -0.2) is 14.8 Å². The van der Waals surface area contributed by atoms with Gasteiger partial charge in [-0.05, 0) is 33.3 Å². The molecule has 0 saturated heterocycles. The summed E-state index contributed by atoms with van der Waals surface area (Å²) in [6.07, 6.45) is 3.73. The minimum Gasteiger partial charge on any atom is -0.454 e. The van der Waals surface area contributed by atoms with Gasteiger partial charge in [-0.15, -0.1) is 0 Å². The molecule has 0 spiro atoms. The predicted octanol–water partition coefficient (Wildman–Crippen LogP) is 2.64. The molecule has 0 aliphatic carbocycles. The van der Waals surface area contributed by atoms with Gasteiger partial charge in [0.1, 0.15) is 11.4 Å². The standard InChI is InChI=1S/C13H21N3O2/c1-5-6-8-14-10-7-9-15-11(16-10)12(17)18-13(2,3)4/h7,9H,5-6,8H2,1-4H3,(H,14,15,16). The largest absolute Gasteiger partial charge is 0.454 e. The first-order chi connectivity index (χ1) is 8.42. The molecular formula is C13H21N3O2. The Hall–Kier alpha value is -1.65. The van der Waals surface area contributed by atoms with Crippen molar-refractivity contribution in [3.8, 4) is 0 Å². The average Bonchev–Trinajstić information content (AvgIpc) is 2.27. The number of nitrogens with zero attached hydrogens (tertiary/aromatic N) is 2. The number of nitrogens with one attached hydrogen (secondary N) is 1. The van der Waals surface area contributed by atoms with Gasteiger partial charge >= 0.3 is 5.97 Å². The van der Waals surface area contributed by atoms with Gasteiger partial charge in [-0.3, -0.25) is 0 Å². The molecule has 0 aromatic carbocycles. The highest BCUT2D eigenvalue weighted by atomic mass is 16.6. The molecule has 18 heavy (non-hydrogen) atoms. The predicted molar refractivity (Wildman–Crippen MR) is 70.6 cm³/mol. The first-order valence-corrected chi connectivity index (χ1v) is 6.22. The van der Waals surface area contributed by atoms with Crippen LogP contribution in [0.4, 0.5) is 5.82 Å². The molecule has 0 amide bonds. The molecule has 0 aliphatic heterocycles. The number of unbranched alkanes of at least 4 members (excludes halogenated alkanes) is 1. The van der Waals surface area contributed by atoms with E-state index in [4.69, 9.17) is 4.74 Å². The van der Waals surface area contributed by atoms with E-state index in [1.54, 1.807) is 12.3 Å². The lowest BCUT2D eigenvalue weighted by Crippen LogP contribution is -2.25. The number of aromatic nitrogens is 2. The zero-order chi connectivity index (χ0) is 13.6. The van der Waals surface area contributed by atoms with Crippen LogP contribution in [0.15, 0.2) is 12.3 Å². The van der Waals surface area contributed by atoms with Gasteiger partial charge in [0, 0.05) is 12.7 Å². The van der Waals surface area contributed by atoms with Gasteiger partial charge in [-0.1, -0.05) is 13.3 Å². The summed E-state index contributed by atoms with van der Waals surface area (Å²) in [6.45, 7) is 8.39. The highest BCUT2D eigenvalue weighted by Crippen LogP contribution is 2.11. The molecule has 5 nitrogen and oxygen atoms in total. The van der Waals surface area contributed by atoms with Crippen LogP contribution < -0.4 is 5.32 Å². The molecule has 1 N–H and O–H groups in total. The Morgan fingerprint density at radius 2 is 2.17 bits per heavy atom. The van der Waals surface area contributed by atoms with Crippen molar-refractivity contribution in [3.05, 3.63) is 18.1 Å². The van der Waals surface area contributed by atoms with Crippen LogP contribution in [0.5, 0.6) is 0 Å². The normalized spacial score (nSPS) is 11.1. The van der Waals surface area contributed by atoms with Crippen molar-refractivity contribution in [3.63, 3.8) is 0 Å². The smallest absolute Gasteiger partial charge is 0.376 e. The third kappa shape index (κ3) is 5.12. The summed E-state index contributed by atoms with van der Waals surface area (Å²) in [5.74, 6) is 0.243. The molecule has 1 aromatic heterocycles. The van der Waals surface area contributed by atoms with Crippen LogP contribution in [0, 0.1) is 0 Å². The zero-order valence-electron chi connectivity index (χ0n) is 11.5. The Balaban J connectivity index is 2.66. The number of esters is 1. The monoisotopic (exact) mass is 251 g/mol. The molecule has 0 atom stereocenters. The maximum absolute atomic E-state index is 11.8. The van der Waals surface area contributed by atoms with E-state index >= 15 is 0 Å². The molecule has 0 aliphatic rings. The number of hydrogen-bond donors (Lipinski definition) is 1. The third-order valence-electron chi connectivity index (χ3n) is 2.07. The molecular weight excluding hydrogens is 230 g/mol. The molecule has 0 radical (unpaired) electrons. The number of rotatable bonds is 5. The molecule has 5 heteroatoms. The molecule has 100 valence electrons. The lowest BCUT2D eigenvalue weighted by Gasteiger charge is -2.18. The fraction of sp³-hybridized carbons (Fsp3) is 0.615. The molecule has 1 heterocycles. The summed E-state index contributed by atoms with van der Waals surface area (Å²) in [7, 11) is 0. The Kier molecular flexibility index (Phi) is 5.07. The van der Waals surface area contributed by atoms with Crippen molar-refractivity contribution >= 4 is 11.8 Å². The van der Waals surface area contributed by atoms with Crippen LogP contribution in [0.25, 0.3) is 0 Å². The van der Waals surface area contributed by atoms with Crippen LogP contribution in [-0.2, 0) is 4.74 Å². The second-order valence-electron chi connectivity index (χ2n) is 5.05. The summed E-state index contributed by atoms with van der Waals surface area (Å²) < 4.78 is 5.21. The van der Waals surface area contributed by atoms with Crippen LogP contribution >= 0.6 is 0 Å². The first kappa shape index (κ1) is 14.4. The van der Waals surface area contributed by atoms with E-state index in [0.717, 1.165) is 19.4 Å². The van der Waals surface area contributed by atoms with Crippen LogP contribution in [-0.4, -0.2) is 28.1 Å². The van der Waals surface area contributed by atoms with Crippen molar-refractivity contribution in [1.82, 2.24) is 9.97 Å². The summed E-state index contributed by atoms with van der Waals surface area (Å²) in [5, 5.41) is 3.14. The Morgan fingerprint density at radius 3 is 2.78 bits per heavy atom. The highest BCUT2D eigenvalue weighted by molar-refractivity contribution is 5.85. The molecule has 0 bridgehead atoms. The second kappa shape index (κ2) is 6.33. The van der Waals surface area contributed by atoms with Gasteiger partial charge in [-0.2, -0.15) is 0 Å². The number of anilines is 1. The van der Waals surface area contributed by atoms with E-state index < -0.39 is 11.6 Å². The molecule has 0 saturated carbocycles. The molecule has 1 aromatic rings. The van der Waals surface area contributed by atoms with Gasteiger partial charge in [0.2, 0.25) is 5.82 Å². The zero-order valence-corrected chi connectivity index (χ0v) is 11.5. The SMILES string of the molecule is CCCCNc1ccnc(C(=O)OC(C)(C)C)n1. The summed E-state index contributed by atoms with van der Waals surface area (Å²) in [4.78, 5) is 19.8. The van der Waals surface area contributed by atoms with E-state index in [9.17, 15) is 4.79 Å². The number of carbonyl (C=O) groups excluding carboxylic acids is 1. The molecule has 0 fully saturated rings. The van der Waals surface area contributed by atoms with E-state index in [-0.39, 0.29) is 5.82 Å². The van der Waals surface area contributed by atoms with Crippen molar-refractivity contribution in [2.75, 3.05) is 11.9 Å². The van der Waals surface area contributed by atoms with Gasteiger partial charge < -0.3 is 10.1 Å². The average molecular weight is 251 g/mol. The van der Waals surface area contributed by atoms with Crippen LogP contribution in [0.1, 0.15) is 51.2 Å². The van der Waals surface area contributed by atoms with E-state index in [1.165, 1.54) is 0 Å². The van der Waals surface area contributed by atoms with Crippen molar-refractivity contribution in [2.45, 2.75) is 46.1 Å². The quantitative estimate of drug-likeness (QED) is 0.643. The summed E-state index contributed by atoms with van der Waals surface area (Å²) >= 11 is 0. The van der Waals surface area contributed by atoms with E-state index in [1.807, 2.05) is 20.8 Å². The van der Waals surface area contributed by atoms with Gasteiger partial charge in [0.05, 0.1) is 0 Å². The Bertz CT molecular complexity index is 399. The van der Waals surface area contributed by atoms with Crippen molar-refractivity contribution in [2.24, 2.45) is 0 Å². The lowest BCUT2D eigenvalue weighted by molar-refractivity contribution is 0.00557. The number of hydrogen-bond acceptors (Lipinski definition) is 5. The summed E-state index contributed by atoms with van der Waals surface area (Å²) in [5.41, 5.74) is -0.536. The van der Waals surface area contributed by atoms with Gasteiger partial charge in [0.15, 0.2) is 0 Å². The van der Waals surface area contributed by atoms with Crippen molar-refractivity contribution in [1.29, 1.82) is 0 Å². The first-order valence-electron chi connectivity index (χ1n) is 6.22. The van der Waals surface area contributed by atoms with Crippen molar-refractivity contribution < 1.29 is 9.53 Å². The maximum atomic E-state index is 11.8. The minimum absolute atomic E-state index is 0.0893. The molecule has 1 rings (SSSR count). The number of carbonyl (C=O) groups is 1. The fourth-order valence-corrected chi connectivity index (χ4v) is 1.27.